The van der Waals surface area contributed by atoms with Crippen LogP contribution in [0, 0.1) is 5.92 Å². The molecule has 0 aromatic heterocycles. The molecule has 3 atom stereocenters. The minimum absolute atomic E-state index is 0.220. The summed E-state index contributed by atoms with van der Waals surface area (Å²) in [5, 5.41) is 9.01. The van der Waals surface area contributed by atoms with Gasteiger partial charge in [0.25, 0.3) is 0 Å². The van der Waals surface area contributed by atoms with Crippen molar-refractivity contribution in [1.82, 2.24) is 0 Å². The summed E-state index contributed by atoms with van der Waals surface area (Å²) in [6.45, 7) is 3.40. The van der Waals surface area contributed by atoms with Crippen molar-refractivity contribution in [2.75, 3.05) is 0 Å². The molecule has 2 unspecified atom stereocenters. The fraction of sp³-hybridized carbons (Fsp3) is 0.833. The minimum Gasteiger partial charge on any atom is -0.383 e. The average molecular weight is 146 g/mol. The molecule has 0 aliphatic carbocycles. The molecule has 0 rings (SSSR count). The van der Waals surface area contributed by atoms with E-state index in [0.29, 0.717) is 0 Å². The molecular formula is C6H14N2O2. The van der Waals surface area contributed by atoms with E-state index < -0.39 is 12.0 Å². The summed E-state index contributed by atoms with van der Waals surface area (Å²) in [5.74, 6) is -0.998. The number of hydrogen-bond donors (Lipinski definition) is 3. The maximum Gasteiger partial charge on any atom is 0.246 e. The molecule has 0 fully saturated rings. The average Bonchev–Trinajstić information content (AvgIpc) is 1.84. The Kier molecular flexibility index (Phi) is 3.32. The van der Waals surface area contributed by atoms with Crippen LogP contribution in [0.5, 0.6) is 0 Å². The number of primary amides is 1. The van der Waals surface area contributed by atoms with Gasteiger partial charge in [0.2, 0.25) is 5.91 Å². The van der Waals surface area contributed by atoms with E-state index in [1.165, 1.54) is 0 Å². The highest BCUT2D eigenvalue weighted by Crippen LogP contribution is 2.05. The van der Waals surface area contributed by atoms with Gasteiger partial charge in [0, 0.05) is 12.0 Å². The lowest BCUT2D eigenvalue weighted by Crippen LogP contribution is -2.41. The summed E-state index contributed by atoms with van der Waals surface area (Å²) in [6, 6.07) is -0.220. The van der Waals surface area contributed by atoms with E-state index in [1.807, 2.05) is 0 Å². The number of hydrogen-bond acceptors (Lipinski definition) is 3. The largest absolute Gasteiger partial charge is 0.383 e. The molecule has 0 saturated heterocycles. The maximum atomic E-state index is 10.4. The Balaban J connectivity index is 3.94. The van der Waals surface area contributed by atoms with E-state index >= 15 is 0 Å². The summed E-state index contributed by atoms with van der Waals surface area (Å²) in [5.41, 5.74) is 10.2. The first kappa shape index (κ1) is 9.39. The second-order valence-corrected chi connectivity index (χ2v) is 2.57. The van der Waals surface area contributed by atoms with Gasteiger partial charge in [-0.05, 0) is 6.92 Å². The molecule has 10 heavy (non-hydrogen) atoms. The van der Waals surface area contributed by atoms with Crippen molar-refractivity contribution in [2.45, 2.75) is 26.0 Å². The maximum absolute atomic E-state index is 10.4. The quantitative estimate of drug-likeness (QED) is 0.468. The molecule has 60 valence electrons. The summed E-state index contributed by atoms with van der Waals surface area (Å²) in [7, 11) is 0. The highest BCUT2D eigenvalue weighted by atomic mass is 16.3. The Hall–Kier alpha value is -0.610. The zero-order valence-electron chi connectivity index (χ0n) is 6.24. The third kappa shape index (κ3) is 2.33. The first-order valence-electron chi connectivity index (χ1n) is 3.19. The smallest absolute Gasteiger partial charge is 0.246 e. The van der Waals surface area contributed by atoms with Gasteiger partial charge >= 0.3 is 0 Å². The van der Waals surface area contributed by atoms with E-state index in [-0.39, 0.29) is 12.0 Å². The van der Waals surface area contributed by atoms with Crippen LogP contribution in [0.3, 0.4) is 0 Å². The monoisotopic (exact) mass is 146 g/mol. The van der Waals surface area contributed by atoms with E-state index in [1.54, 1.807) is 13.8 Å². The van der Waals surface area contributed by atoms with Crippen LogP contribution in [0.2, 0.25) is 0 Å². The van der Waals surface area contributed by atoms with Crippen LogP contribution in [-0.2, 0) is 4.79 Å². The Morgan fingerprint density at radius 2 is 1.90 bits per heavy atom. The van der Waals surface area contributed by atoms with Gasteiger partial charge in [-0.15, -0.1) is 0 Å². The number of carbonyl (C=O) groups is 1. The topological polar surface area (TPSA) is 89.3 Å². The normalized spacial score (nSPS) is 19.6. The second kappa shape index (κ2) is 3.53. The van der Waals surface area contributed by atoms with Crippen LogP contribution in [0.15, 0.2) is 0 Å². The summed E-state index contributed by atoms with van der Waals surface area (Å²) in [4.78, 5) is 10.4. The number of aliphatic hydroxyl groups excluding tert-OH is 1. The van der Waals surface area contributed by atoms with Crippen molar-refractivity contribution < 1.29 is 9.90 Å². The SMILES string of the molecule is CC(N)C(C)[C@H](O)C(N)=O. The van der Waals surface area contributed by atoms with Crippen LogP contribution in [0.4, 0.5) is 0 Å². The van der Waals surface area contributed by atoms with E-state index in [0.717, 1.165) is 0 Å². The number of aliphatic hydroxyl groups is 1. The lowest BCUT2D eigenvalue weighted by Gasteiger charge is -2.18. The minimum atomic E-state index is -1.13. The third-order valence-electron chi connectivity index (χ3n) is 1.62. The van der Waals surface area contributed by atoms with E-state index in [9.17, 15) is 4.79 Å². The van der Waals surface area contributed by atoms with Crippen molar-refractivity contribution in [1.29, 1.82) is 0 Å². The third-order valence-corrected chi connectivity index (χ3v) is 1.62. The lowest BCUT2D eigenvalue weighted by atomic mass is 9.97. The standard InChI is InChI=1S/C6H14N2O2/c1-3(4(2)7)5(9)6(8)10/h3-5,9H,7H2,1-2H3,(H2,8,10)/t3?,4?,5-/m0/s1. The van der Waals surface area contributed by atoms with Crippen LogP contribution < -0.4 is 11.5 Å². The molecule has 4 nitrogen and oxygen atoms in total. The van der Waals surface area contributed by atoms with Crippen LogP contribution in [-0.4, -0.2) is 23.2 Å². The molecule has 5 N–H and O–H groups in total. The molecule has 0 aliphatic heterocycles. The molecule has 0 aromatic carbocycles. The summed E-state index contributed by atoms with van der Waals surface area (Å²) < 4.78 is 0. The van der Waals surface area contributed by atoms with Crippen LogP contribution in [0.1, 0.15) is 13.8 Å². The van der Waals surface area contributed by atoms with Gasteiger partial charge in [0.15, 0.2) is 0 Å². The highest BCUT2D eigenvalue weighted by Gasteiger charge is 2.22. The molecule has 0 saturated carbocycles. The predicted molar refractivity (Wildman–Crippen MR) is 38.0 cm³/mol. The zero-order valence-corrected chi connectivity index (χ0v) is 6.24. The molecule has 0 heterocycles. The van der Waals surface area contributed by atoms with Crippen LogP contribution >= 0.6 is 0 Å². The lowest BCUT2D eigenvalue weighted by molar-refractivity contribution is -0.128. The van der Waals surface area contributed by atoms with Crippen LogP contribution in [0.25, 0.3) is 0 Å². The Morgan fingerprint density at radius 3 is 2.00 bits per heavy atom. The zero-order chi connectivity index (χ0) is 8.31. The van der Waals surface area contributed by atoms with Gasteiger partial charge in [-0.1, -0.05) is 6.92 Å². The fourth-order valence-corrected chi connectivity index (χ4v) is 0.547. The fourth-order valence-electron chi connectivity index (χ4n) is 0.547. The molecule has 0 aliphatic rings. The van der Waals surface area contributed by atoms with Gasteiger partial charge in [0.05, 0.1) is 0 Å². The van der Waals surface area contributed by atoms with Gasteiger partial charge in [-0.2, -0.15) is 0 Å². The van der Waals surface area contributed by atoms with Gasteiger partial charge < -0.3 is 16.6 Å². The molecule has 0 spiro atoms. The van der Waals surface area contributed by atoms with Gasteiger partial charge in [-0.25, -0.2) is 0 Å². The summed E-state index contributed by atoms with van der Waals surface area (Å²) >= 11 is 0. The Morgan fingerprint density at radius 1 is 1.50 bits per heavy atom. The van der Waals surface area contributed by atoms with Crippen molar-refractivity contribution in [3.05, 3.63) is 0 Å². The second-order valence-electron chi connectivity index (χ2n) is 2.57. The molecule has 0 aromatic rings. The Bertz CT molecular complexity index is 125. The molecule has 0 radical (unpaired) electrons. The molecular weight excluding hydrogens is 132 g/mol. The molecule has 0 bridgehead atoms. The summed E-state index contributed by atoms with van der Waals surface area (Å²) in [6.07, 6.45) is -1.13. The molecule has 4 heteroatoms. The van der Waals surface area contributed by atoms with E-state index in [4.69, 9.17) is 16.6 Å². The van der Waals surface area contributed by atoms with Gasteiger partial charge in [-0.3, -0.25) is 4.79 Å². The van der Waals surface area contributed by atoms with Crippen molar-refractivity contribution >= 4 is 5.91 Å². The highest BCUT2D eigenvalue weighted by molar-refractivity contribution is 5.78. The van der Waals surface area contributed by atoms with E-state index in [2.05, 4.69) is 0 Å². The predicted octanol–water partition coefficient (Wildman–Crippen LogP) is -1.18. The number of amides is 1. The van der Waals surface area contributed by atoms with Crippen molar-refractivity contribution in [3.8, 4) is 0 Å². The number of rotatable bonds is 3. The number of carbonyl (C=O) groups excluding carboxylic acids is 1. The molecule has 1 amide bonds. The van der Waals surface area contributed by atoms with Gasteiger partial charge in [0.1, 0.15) is 6.10 Å². The number of nitrogens with two attached hydrogens (primary N) is 2. The Labute approximate surface area is 60.2 Å². The van der Waals surface area contributed by atoms with Crippen molar-refractivity contribution in [2.24, 2.45) is 17.4 Å². The first-order chi connectivity index (χ1) is 4.46. The van der Waals surface area contributed by atoms with Crippen molar-refractivity contribution in [3.63, 3.8) is 0 Å². The first-order valence-corrected chi connectivity index (χ1v) is 3.19.